The van der Waals surface area contributed by atoms with Crippen molar-refractivity contribution in [3.8, 4) is 12.3 Å². The van der Waals surface area contributed by atoms with Gasteiger partial charge in [0, 0.05) is 5.92 Å². The minimum Gasteiger partial charge on any atom is -0.469 e. The number of hydrogen-bond acceptors (Lipinski definition) is 2. The van der Waals surface area contributed by atoms with Gasteiger partial charge in [0.2, 0.25) is 0 Å². The number of carbonyl (C=O) groups is 1. The molecular formula is C11H14O2. The number of terminal acetylenes is 1. The summed E-state index contributed by atoms with van der Waals surface area (Å²) in [5, 5.41) is 0. The summed E-state index contributed by atoms with van der Waals surface area (Å²) >= 11 is 0. The topological polar surface area (TPSA) is 26.3 Å². The van der Waals surface area contributed by atoms with Crippen molar-refractivity contribution in [1.29, 1.82) is 0 Å². The van der Waals surface area contributed by atoms with Crippen LogP contribution in [0, 0.1) is 36.0 Å². The Balaban J connectivity index is 2.07. The fourth-order valence-corrected chi connectivity index (χ4v) is 2.46. The fraction of sp³-hybridized carbons (Fsp3) is 0.727. The van der Waals surface area contributed by atoms with E-state index in [-0.39, 0.29) is 17.8 Å². The Hall–Kier alpha value is -0.970. The maximum atomic E-state index is 11.4. The first-order valence-electron chi connectivity index (χ1n) is 4.80. The summed E-state index contributed by atoms with van der Waals surface area (Å²) in [5.41, 5.74) is 0. The van der Waals surface area contributed by atoms with Gasteiger partial charge in [-0.3, -0.25) is 4.79 Å². The Morgan fingerprint density at radius 3 is 2.69 bits per heavy atom. The molecule has 0 heterocycles. The van der Waals surface area contributed by atoms with Crippen LogP contribution >= 0.6 is 0 Å². The summed E-state index contributed by atoms with van der Waals surface area (Å²) in [7, 11) is 1.44. The average Bonchev–Trinajstić information content (AvgIpc) is 2.92. The Kier molecular flexibility index (Phi) is 2.03. The molecule has 2 aliphatic carbocycles. The van der Waals surface area contributed by atoms with Gasteiger partial charge in [-0.15, -0.1) is 12.3 Å². The van der Waals surface area contributed by atoms with Gasteiger partial charge in [-0.05, 0) is 31.1 Å². The lowest BCUT2D eigenvalue weighted by molar-refractivity contribution is -0.147. The molecule has 0 aromatic carbocycles. The van der Waals surface area contributed by atoms with Crippen LogP contribution in [0.25, 0.3) is 0 Å². The van der Waals surface area contributed by atoms with E-state index in [0.29, 0.717) is 0 Å². The minimum atomic E-state index is -0.117. The molecule has 2 fully saturated rings. The van der Waals surface area contributed by atoms with E-state index in [1.165, 1.54) is 13.5 Å². The molecule has 2 saturated carbocycles. The molecule has 4 atom stereocenters. The monoisotopic (exact) mass is 178 g/mol. The highest BCUT2D eigenvalue weighted by Gasteiger charge is 2.48. The first kappa shape index (κ1) is 8.62. The minimum absolute atomic E-state index is 0.0289. The van der Waals surface area contributed by atoms with E-state index in [2.05, 4.69) is 5.92 Å². The van der Waals surface area contributed by atoms with Gasteiger partial charge >= 0.3 is 5.97 Å². The van der Waals surface area contributed by atoms with Gasteiger partial charge in [0.15, 0.2) is 0 Å². The number of fused-ring (bicyclic) bond motifs is 1. The Morgan fingerprint density at radius 2 is 2.08 bits per heavy atom. The number of rotatable bonds is 1. The summed E-state index contributed by atoms with van der Waals surface area (Å²) < 4.78 is 4.75. The van der Waals surface area contributed by atoms with Crippen LogP contribution in [0.1, 0.15) is 19.3 Å². The standard InChI is InChI=1S/C11H14O2/c1-3-7-4-8-5-9(8)6-10(7)11(12)13-2/h1,7-10H,4-6H2,2H3/t7-,8+,9-,10-/m1/s1. The Bertz CT molecular complexity index is 264. The van der Waals surface area contributed by atoms with Gasteiger partial charge in [-0.1, -0.05) is 0 Å². The molecule has 0 aromatic rings. The first-order valence-corrected chi connectivity index (χ1v) is 4.80. The van der Waals surface area contributed by atoms with Gasteiger partial charge in [0.05, 0.1) is 13.0 Å². The fourth-order valence-electron chi connectivity index (χ4n) is 2.46. The molecule has 0 spiro atoms. The molecule has 13 heavy (non-hydrogen) atoms. The lowest BCUT2D eigenvalue weighted by Crippen LogP contribution is -2.28. The number of ether oxygens (including phenoxy) is 1. The summed E-state index contributed by atoms with van der Waals surface area (Å²) in [6, 6.07) is 0. The molecule has 70 valence electrons. The second-order valence-electron chi connectivity index (χ2n) is 4.13. The van der Waals surface area contributed by atoms with E-state index >= 15 is 0 Å². The van der Waals surface area contributed by atoms with Crippen molar-refractivity contribution in [2.24, 2.45) is 23.7 Å². The van der Waals surface area contributed by atoms with Crippen molar-refractivity contribution < 1.29 is 9.53 Å². The summed E-state index contributed by atoms with van der Waals surface area (Å²) in [6.07, 6.45) is 8.66. The van der Waals surface area contributed by atoms with Crippen molar-refractivity contribution in [3.63, 3.8) is 0 Å². The number of methoxy groups -OCH3 is 1. The average molecular weight is 178 g/mol. The van der Waals surface area contributed by atoms with E-state index in [1.807, 2.05) is 0 Å². The van der Waals surface area contributed by atoms with Gasteiger partial charge in [0.1, 0.15) is 0 Å². The molecule has 0 bridgehead atoms. The quantitative estimate of drug-likeness (QED) is 0.449. The summed E-state index contributed by atoms with van der Waals surface area (Å²) in [6.45, 7) is 0. The van der Waals surface area contributed by atoms with Crippen LogP contribution in [0.3, 0.4) is 0 Å². The predicted molar refractivity (Wildman–Crippen MR) is 48.7 cm³/mol. The van der Waals surface area contributed by atoms with E-state index in [9.17, 15) is 4.79 Å². The lowest BCUT2D eigenvalue weighted by Gasteiger charge is -2.24. The predicted octanol–water partition coefficient (Wildman–Crippen LogP) is 1.45. The highest BCUT2D eigenvalue weighted by Crippen LogP contribution is 2.53. The molecule has 2 aliphatic rings. The molecule has 0 saturated heterocycles. The molecule has 2 rings (SSSR count). The van der Waals surface area contributed by atoms with Crippen LogP contribution in [0.5, 0.6) is 0 Å². The smallest absolute Gasteiger partial charge is 0.309 e. The largest absolute Gasteiger partial charge is 0.469 e. The number of carbonyl (C=O) groups excluding carboxylic acids is 1. The normalized spacial score (nSPS) is 41.5. The van der Waals surface area contributed by atoms with Crippen molar-refractivity contribution in [1.82, 2.24) is 0 Å². The van der Waals surface area contributed by atoms with Crippen molar-refractivity contribution in [3.05, 3.63) is 0 Å². The van der Waals surface area contributed by atoms with E-state index < -0.39 is 0 Å². The van der Waals surface area contributed by atoms with E-state index in [4.69, 9.17) is 11.2 Å². The summed E-state index contributed by atoms with van der Waals surface area (Å²) in [5.74, 6) is 4.27. The second-order valence-corrected chi connectivity index (χ2v) is 4.13. The highest BCUT2D eigenvalue weighted by atomic mass is 16.5. The van der Waals surface area contributed by atoms with E-state index in [0.717, 1.165) is 24.7 Å². The van der Waals surface area contributed by atoms with Crippen molar-refractivity contribution >= 4 is 5.97 Å². The third-order valence-corrected chi connectivity index (χ3v) is 3.39. The maximum absolute atomic E-state index is 11.4. The van der Waals surface area contributed by atoms with Gasteiger partial charge in [-0.25, -0.2) is 0 Å². The lowest BCUT2D eigenvalue weighted by atomic mass is 9.80. The molecule has 0 aliphatic heterocycles. The molecule has 0 N–H and O–H groups in total. The van der Waals surface area contributed by atoms with Crippen LogP contribution in [0.2, 0.25) is 0 Å². The zero-order chi connectivity index (χ0) is 9.42. The Labute approximate surface area is 78.7 Å². The molecule has 0 aromatic heterocycles. The van der Waals surface area contributed by atoms with Crippen LogP contribution in [-0.2, 0) is 9.53 Å². The maximum Gasteiger partial charge on any atom is 0.309 e. The number of hydrogen-bond donors (Lipinski definition) is 0. The zero-order valence-electron chi connectivity index (χ0n) is 7.82. The molecule has 0 unspecified atom stereocenters. The third-order valence-electron chi connectivity index (χ3n) is 3.39. The van der Waals surface area contributed by atoms with Gasteiger partial charge < -0.3 is 4.74 Å². The molecule has 0 amide bonds. The van der Waals surface area contributed by atoms with Crippen LogP contribution < -0.4 is 0 Å². The van der Waals surface area contributed by atoms with Gasteiger partial charge in [-0.2, -0.15) is 0 Å². The molecular weight excluding hydrogens is 164 g/mol. The van der Waals surface area contributed by atoms with Crippen molar-refractivity contribution in [2.75, 3.05) is 7.11 Å². The van der Waals surface area contributed by atoms with Crippen molar-refractivity contribution in [2.45, 2.75) is 19.3 Å². The SMILES string of the molecule is C#C[C@@H]1C[C@H]2C[C@@H]2C[C@H]1C(=O)OC. The molecule has 2 nitrogen and oxygen atoms in total. The van der Waals surface area contributed by atoms with Crippen LogP contribution in [0.4, 0.5) is 0 Å². The summed E-state index contributed by atoms with van der Waals surface area (Å²) in [4.78, 5) is 11.4. The number of esters is 1. The molecule has 2 heteroatoms. The van der Waals surface area contributed by atoms with Crippen LogP contribution in [-0.4, -0.2) is 13.1 Å². The van der Waals surface area contributed by atoms with E-state index in [1.54, 1.807) is 0 Å². The zero-order valence-corrected chi connectivity index (χ0v) is 7.82. The van der Waals surface area contributed by atoms with Crippen LogP contribution in [0.15, 0.2) is 0 Å². The molecule has 0 radical (unpaired) electrons. The highest BCUT2D eigenvalue weighted by molar-refractivity contribution is 5.73. The first-order chi connectivity index (χ1) is 6.26. The third kappa shape index (κ3) is 1.44. The second kappa shape index (κ2) is 3.06. The Morgan fingerprint density at radius 1 is 1.38 bits per heavy atom. The van der Waals surface area contributed by atoms with Gasteiger partial charge in [0.25, 0.3) is 0 Å².